The molecule has 0 unspecified atom stereocenters. The van der Waals surface area contributed by atoms with Crippen molar-refractivity contribution in [2.45, 2.75) is 26.2 Å². The Morgan fingerprint density at radius 3 is 2.63 bits per heavy atom. The summed E-state index contributed by atoms with van der Waals surface area (Å²) < 4.78 is 0. The van der Waals surface area contributed by atoms with Gasteiger partial charge >= 0.3 is 6.03 Å². The summed E-state index contributed by atoms with van der Waals surface area (Å²) in [6.07, 6.45) is 2.24. The van der Waals surface area contributed by atoms with Crippen molar-refractivity contribution in [2.75, 3.05) is 18.9 Å². The molecule has 3 N–H and O–H groups in total. The third kappa shape index (κ3) is 5.42. The highest BCUT2D eigenvalue weighted by Gasteiger charge is 2.08. The van der Waals surface area contributed by atoms with Gasteiger partial charge in [-0.1, -0.05) is 31.5 Å². The van der Waals surface area contributed by atoms with Gasteiger partial charge in [-0.25, -0.2) is 4.79 Å². The number of anilines is 1. The van der Waals surface area contributed by atoms with Gasteiger partial charge < -0.3 is 16.0 Å². The minimum atomic E-state index is -0.238. The van der Waals surface area contributed by atoms with E-state index < -0.39 is 0 Å². The van der Waals surface area contributed by atoms with Gasteiger partial charge in [-0.2, -0.15) is 0 Å². The molecule has 0 atom stereocenters. The minimum absolute atomic E-state index is 0.0827. The number of carbonyl (C=O) groups excluding carboxylic acids is 2. The standard InChI is InChI=1S/C14H21N3O2/c1-3-4-9-16-14(19)17-12-8-6-5-7-11(12)10-13(18)15-2/h5-8H,3-4,9-10H2,1-2H3,(H,15,18)(H2,16,17,19). The molecule has 1 aromatic rings. The number of likely N-dealkylation sites (N-methyl/N-ethyl adjacent to an activating group) is 1. The number of hydrogen-bond acceptors (Lipinski definition) is 2. The van der Waals surface area contributed by atoms with Crippen molar-refractivity contribution in [3.63, 3.8) is 0 Å². The number of nitrogens with one attached hydrogen (secondary N) is 3. The molecule has 0 aromatic heterocycles. The Morgan fingerprint density at radius 1 is 1.21 bits per heavy atom. The van der Waals surface area contributed by atoms with Crippen molar-refractivity contribution in [1.82, 2.24) is 10.6 Å². The fourth-order valence-corrected chi connectivity index (χ4v) is 1.60. The molecule has 0 saturated heterocycles. The predicted octanol–water partition coefficient (Wildman–Crippen LogP) is 1.90. The molecule has 0 spiro atoms. The fourth-order valence-electron chi connectivity index (χ4n) is 1.60. The van der Waals surface area contributed by atoms with E-state index in [1.165, 1.54) is 0 Å². The van der Waals surface area contributed by atoms with Gasteiger partial charge in [0.15, 0.2) is 0 Å². The average Bonchev–Trinajstić information content (AvgIpc) is 2.41. The van der Waals surface area contributed by atoms with E-state index >= 15 is 0 Å². The summed E-state index contributed by atoms with van der Waals surface area (Å²) in [5.74, 6) is -0.0827. The van der Waals surface area contributed by atoms with E-state index in [4.69, 9.17) is 0 Å². The number of carbonyl (C=O) groups is 2. The van der Waals surface area contributed by atoms with Gasteiger partial charge in [0, 0.05) is 19.3 Å². The maximum Gasteiger partial charge on any atom is 0.319 e. The van der Waals surface area contributed by atoms with Crippen LogP contribution in [0.3, 0.4) is 0 Å². The molecule has 5 heteroatoms. The fraction of sp³-hybridized carbons (Fsp3) is 0.429. The van der Waals surface area contributed by atoms with Crippen LogP contribution in [0.25, 0.3) is 0 Å². The Morgan fingerprint density at radius 2 is 1.95 bits per heavy atom. The first-order valence-corrected chi connectivity index (χ1v) is 6.50. The zero-order chi connectivity index (χ0) is 14.1. The van der Waals surface area contributed by atoms with E-state index in [0.717, 1.165) is 18.4 Å². The van der Waals surface area contributed by atoms with Gasteiger partial charge in [-0.15, -0.1) is 0 Å². The van der Waals surface area contributed by atoms with E-state index in [1.807, 2.05) is 18.2 Å². The van der Waals surface area contributed by atoms with Crippen LogP contribution >= 0.6 is 0 Å². The maximum atomic E-state index is 11.7. The molecule has 0 radical (unpaired) electrons. The normalized spacial score (nSPS) is 9.79. The molecule has 0 aliphatic rings. The van der Waals surface area contributed by atoms with Gasteiger partial charge in [0.2, 0.25) is 5.91 Å². The Labute approximate surface area is 113 Å². The lowest BCUT2D eigenvalue weighted by Crippen LogP contribution is -2.30. The van der Waals surface area contributed by atoms with Crippen molar-refractivity contribution in [3.8, 4) is 0 Å². The van der Waals surface area contributed by atoms with Crippen LogP contribution in [0.15, 0.2) is 24.3 Å². The first-order valence-electron chi connectivity index (χ1n) is 6.50. The molecule has 0 bridgehead atoms. The first-order chi connectivity index (χ1) is 9.17. The van der Waals surface area contributed by atoms with Crippen molar-refractivity contribution < 1.29 is 9.59 Å². The van der Waals surface area contributed by atoms with Crippen LogP contribution in [-0.4, -0.2) is 25.5 Å². The molecule has 0 aliphatic carbocycles. The van der Waals surface area contributed by atoms with Crippen molar-refractivity contribution >= 4 is 17.6 Å². The number of para-hydroxylation sites is 1. The van der Waals surface area contributed by atoms with Gasteiger partial charge in [0.25, 0.3) is 0 Å². The summed E-state index contributed by atoms with van der Waals surface area (Å²) in [5, 5.41) is 8.11. The Balaban J connectivity index is 2.61. The van der Waals surface area contributed by atoms with Crippen LogP contribution in [0.4, 0.5) is 10.5 Å². The van der Waals surface area contributed by atoms with Gasteiger partial charge in [0.1, 0.15) is 0 Å². The zero-order valence-corrected chi connectivity index (χ0v) is 11.5. The predicted molar refractivity (Wildman–Crippen MR) is 76.1 cm³/mol. The molecule has 0 heterocycles. The van der Waals surface area contributed by atoms with E-state index in [9.17, 15) is 9.59 Å². The average molecular weight is 263 g/mol. The topological polar surface area (TPSA) is 70.2 Å². The van der Waals surface area contributed by atoms with Crippen molar-refractivity contribution in [3.05, 3.63) is 29.8 Å². The summed E-state index contributed by atoms with van der Waals surface area (Å²) in [5.41, 5.74) is 1.47. The summed E-state index contributed by atoms with van der Waals surface area (Å²) in [6.45, 7) is 2.72. The molecule has 3 amide bonds. The minimum Gasteiger partial charge on any atom is -0.359 e. The van der Waals surface area contributed by atoms with Crippen LogP contribution in [-0.2, 0) is 11.2 Å². The number of urea groups is 1. The van der Waals surface area contributed by atoms with Crippen LogP contribution < -0.4 is 16.0 Å². The summed E-state index contributed by atoms with van der Waals surface area (Å²) in [4.78, 5) is 23.1. The number of hydrogen-bond donors (Lipinski definition) is 3. The van der Waals surface area contributed by atoms with Crippen LogP contribution in [0, 0.1) is 0 Å². The Bertz CT molecular complexity index is 432. The molecule has 1 aromatic carbocycles. The maximum absolute atomic E-state index is 11.7. The number of benzene rings is 1. The molecule has 5 nitrogen and oxygen atoms in total. The number of amides is 3. The molecule has 0 fully saturated rings. The van der Waals surface area contributed by atoms with Crippen molar-refractivity contribution in [2.24, 2.45) is 0 Å². The highest BCUT2D eigenvalue weighted by molar-refractivity contribution is 5.91. The molecule has 104 valence electrons. The lowest BCUT2D eigenvalue weighted by molar-refractivity contribution is -0.119. The summed E-state index contributed by atoms with van der Waals surface area (Å²) in [7, 11) is 1.59. The Hall–Kier alpha value is -2.04. The number of rotatable bonds is 6. The first kappa shape index (κ1) is 15.0. The molecule has 19 heavy (non-hydrogen) atoms. The molecular formula is C14H21N3O2. The summed E-state index contributed by atoms with van der Waals surface area (Å²) in [6, 6.07) is 7.06. The lowest BCUT2D eigenvalue weighted by Gasteiger charge is -2.11. The van der Waals surface area contributed by atoms with Gasteiger partial charge in [-0.05, 0) is 18.1 Å². The van der Waals surface area contributed by atoms with Crippen molar-refractivity contribution in [1.29, 1.82) is 0 Å². The smallest absolute Gasteiger partial charge is 0.319 e. The molecular weight excluding hydrogens is 242 g/mol. The lowest BCUT2D eigenvalue weighted by atomic mass is 10.1. The second-order valence-corrected chi connectivity index (χ2v) is 4.24. The third-order valence-electron chi connectivity index (χ3n) is 2.71. The van der Waals surface area contributed by atoms with Crippen LogP contribution in [0.5, 0.6) is 0 Å². The molecule has 1 rings (SSSR count). The largest absolute Gasteiger partial charge is 0.359 e. The Kier molecular flexibility index (Phi) is 6.43. The zero-order valence-electron chi connectivity index (χ0n) is 11.5. The second-order valence-electron chi connectivity index (χ2n) is 4.24. The monoisotopic (exact) mass is 263 g/mol. The van der Waals surface area contributed by atoms with E-state index in [0.29, 0.717) is 12.2 Å². The SMILES string of the molecule is CCCCNC(=O)Nc1ccccc1CC(=O)NC. The highest BCUT2D eigenvalue weighted by atomic mass is 16.2. The molecule has 0 saturated carbocycles. The third-order valence-corrected chi connectivity index (χ3v) is 2.71. The van der Waals surface area contributed by atoms with E-state index in [1.54, 1.807) is 13.1 Å². The van der Waals surface area contributed by atoms with Gasteiger partial charge in [-0.3, -0.25) is 4.79 Å². The second kappa shape index (κ2) is 8.13. The quantitative estimate of drug-likeness (QED) is 0.686. The highest BCUT2D eigenvalue weighted by Crippen LogP contribution is 2.15. The van der Waals surface area contributed by atoms with E-state index in [2.05, 4.69) is 22.9 Å². The molecule has 0 aliphatic heterocycles. The van der Waals surface area contributed by atoms with E-state index in [-0.39, 0.29) is 18.4 Å². The van der Waals surface area contributed by atoms with Crippen LogP contribution in [0.1, 0.15) is 25.3 Å². The van der Waals surface area contributed by atoms with Crippen LogP contribution in [0.2, 0.25) is 0 Å². The summed E-state index contributed by atoms with van der Waals surface area (Å²) >= 11 is 0. The van der Waals surface area contributed by atoms with Gasteiger partial charge in [0.05, 0.1) is 6.42 Å². The number of unbranched alkanes of at least 4 members (excludes halogenated alkanes) is 1.